The minimum Gasteiger partial charge on any atom is -0.372 e. The van der Waals surface area contributed by atoms with Gasteiger partial charge in [0.1, 0.15) is 6.54 Å². The molecular weight excluding hydrogens is 306 g/mol. The van der Waals surface area contributed by atoms with Crippen LogP contribution in [0.3, 0.4) is 0 Å². The van der Waals surface area contributed by atoms with Crippen molar-refractivity contribution in [3.8, 4) is 0 Å². The van der Waals surface area contributed by atoms with Gasteiger partial charge >= 0.3 is 0 Å². The van der Waals surface area contributed by atoms with Crippen molar-refractivity contribution >= 4 is 0 Å². The first-order valence-electron chi connectivity index (χ1n) is 11.4. The monoisotopic (exact) mass is 356 g/mol. The van der Waals surface area contributed by atoms with Crippen LogP contribution in [0.1, 0.15) is 110 Å². The standard InChI is InChI=1S/C23H50NO/c1-6-8-9-10-11-12-13-14-15-16-17-18-19-20-23(7-2)25-22-21-24(3,4)5/h23H,6-22H2,1-5H3/q+1. The molecule has 0 N–H and O–H groups in total. The summed E-state index contributed by atoms with van der Waals surface area (Å²) in [6.45, 7) is 6.57. The highest BCUT2D eigenvalue weighted by Gasteiger charge is 2.10. The van der Waals surface area contributed by atoms with E-state index in [2.05, 4.69) is 35.0 Å². The summed E-state index contributed by atoms with van der Waals surface area (Å²) in [5, 5.41) is 0. The Morgan fingerprint density at radius 2 is 1.08 bits per heavy atom. The molecule has 2 nitrogen and oxygen atoms in total. The second-order valence-corrected chi connectivity index (χ2v) is 8.95. The molecular formula is C23H50NO+. The lowest BCUT2D eigenvalue weighted by molar-refractivity contribution is -0.870. The van der Waals surface area contributed by atoms with Crippen molar-refractivity contribution in [3.05, 3.63) is 0 Å². The van der Waals surface area contributed by atoms with Crippen LogP contribution < -0.4 is 0 Å². The summed E-state index contributed by atoms with van der Waals surface area (Å²) in [5.74, 6) is 0. The van der Waals surface area contributed by atoms with Crippen LogP contribution in [-0.4, -0.2) is 44.9 Å². The second-order valence-electron chi connectivity index (χ2n) is 8.95. The normalized spacial score (nSPS) is 13.3. The summed E-state index contributed by atoms with van der Waals surface area (Å²) in [7, 11) is 6.70. The fraction of sp³-hybridized carbons (Fsp3) is 1.00. The SMILES string of the molecule is CCCCCCCCCCCCCCCC(CC)OCC[N+](C)(C)C. The van der Waals surface area contributed by atoms with E-state index in [0.717, 1.165) is 24.1 Å². The van der Waals surface area contributed by atoms with Crippen molar-refractivity contribution in [1.29, 1.82) is 0 Å². The first-order valence-corrected chi connectivity index (χ1v) is 11.4. The van der Waals surface area contributed by atoms with Crippen molar-refractivity contribution in [2.75, 3.05) is 34.3 Å². The number of hydrogen-bond acceptors (Lipinski definition) is 1. The molecule has 0 aliphatic carbocycles. The van der Waals surface area contributed by atoms with E-state index >= 15 is 0 Å². The summed E-state index contributed by atoms with van der Waals surface area (Å²) in [6, 6.07) is 0. The van der Waals surface area contributed by atoms with Crippen LogP contribution in [0.25, 0.3) is 0 Å². The Labute approximate surface area is 160 Å². The predicted octanol–water partition coefficient (Wildman–Crippen LogP) is 6.97. The van der Waals surface area contributed by atoms with Gasteiger partial charge in [0.15, 0.2) is 0 Å². The minimum atomic E-state index is 0.485. The lowest BCUT2D eigenvalue weighted by Crippen LogP contribution is -2.38. The van der Waals surface area contributed by atoms with Crippen LogP contribution in [0.4, 0.5) is 0 Å². The van der Waals surface area contributed by atoms with Crippen LogP contribution in [-0.2, 0) is 4.74 Å². The Morgan fingerprint density at radius 3 is 1.48 bits per heavy atom. The third kappa shape index (κ3) is 20.1. The molecule has 0 saturated heterocycles. The third-order valence-electron chi connectivity index (χ3n) is 5.20. The molecule has 0 amide bonds. The maximum atomic E-state index is 6.06. The molecule has 0 aliphatic rings. The highest BCUT2D eigenvalue weighted by molar-refractivity contribution is 4.57. The zero-order chi connectivity index (χ0) is 18.8. The van der Waals surface area contributed by atoms with Gasteiger partial charge in [0, 0.05) is 0 Å². The maximum absolute atomic E-state index is 6.06. The summed E-state index contributed by atoms with van der Waals surface area (Å²) < 4.78 is 7.05. The molecule has 0 rings (SSSR count). The average molecular weight is 357 g/mol. The largest absolute Gasteiger partial charge is 0.372 e. The molecule has 0 aromatic heterocycles. The molecule has 2 heteroatoms. The Bertz CT molecular complexity index is 259. The number of quaternary nitrogens is 1. The molecule has 0 aromatic rings. The number of ether oxygens (including phenoxy) is 1. The van der Waals surface area contributed by atoms with E-state index < -0.39 is 0 Å². The van der Waals surface area contributed by atoms with E-state index in [0.29, 0.717) is 6.10 Å². The molecule has 0 heterocycles. The number of likely N-dealkylation sites (N-methyl/N-ethyl adjacent to an activating group) is 1. The molecule has 0 fully saturated rings. The zero-order valence-electron chi connectivity index (χ0n) is 18.5. The van der Waals surface area contributed by atoms with Crippen LogP contribution >= 0.6 is 0 Å². The van der Waals surface area contributed by atoms with E-state index in [1.807, 2.05) is 0 Å². The first kappa shape index (κ1) is 24.9. The minimum absolute atomic E-state index is 0.485. The lowest BCUT2D eigenvalue weighted by Gasteiger charge is -2.25. The van der Waals surface area contributed by atoms with E-state index in [4.69, 9.17) is 4.74 Å². The molecule has 1 unspecified atom stereocenters. The molecule has 0 aromatic carbocycles. The van der Waals surface area contributed by atoms with Crippen molar-refractivity contribution in [2.24, 2.45) is 0 Å². The fourth-order valence-corrected chi connectivity index (χ4v) is 3.29. The van der Waals surface area contributed by atoms with E-state index in [1.54, 1.807) is 0 Å². The van der Waals surface area contributed by atoms with Gasteiger partial charge in [-0.3, -0.25) is 0 Å². The fourth-order valence-electron chi connectivity index (χ4n) is 3.29. The van der Waals surface area contributed by atoms with Crippen molar-refractivity contribution in [1.82, 2.24) is 0 Å². The molecule has 0 saturated carbocycles. The van der Waals surface area contributed by atoms with E-state index in [-0.39, 0.29) is 0 Å². The highest BCUT2D eigenvalue weighted by atomic mass is 16.5. The Kier molecular flexibility index (Phi) is 17.3. The smallest absolute Gasteiger partial charge is 0.102 e. The van der Waals surface area contributed by atoms with Crippen molar-refractivity contribution < 1.29 is 9.22 Å². The van der Waals surface area contributed by atoms with Crippen LogP contribution in [0.5, 0.6) is 0 Å². The molecule has 0 spiro atoms. The van der Waals surface area contributed by atoms with Gasteiger partial charge in [-0.1, -0.05) is 97.3 Å². The lowest BCUT2D eigenvalue weighted by atomic mass is 10.0. The summed E-state index contributed by atoms with van der Waals surface area (Å²) in [6.07, 6.45) is 21.5. The number of nitrogens with zero attached hydrogens (tertiary/aromatic N) is 1. The maximum Gasteiger partial charge on any atom is 0.102 e. The van der Waals surface area contributed by atoms with Crippen LogP contribution in [0.15, 0.2) is 0 Å². The second kappa shape index (κ2) is 17.3. The number of unbranched alkanes of at least 4 members (excludes halogenated alkanes) is 12. The average Bonchev–Trinajstić information content (AvgIpc) is 2.56. The first-order chi connectivity index (χ1) is 12.0. The van der Waals surface area contributed by atoms with Crippen molar-refractivity contribution in [3.63, 3.8) is 0 Å². The van der Waals surface area contributed by atoms with Gasteiger partial charge < -0.3 is 9.22 Å². The van der Waals surface area contributed by atoms with Gasteiger partial charge in [0.05, 0.1) is 33.9 Å². The summed E-state index contributed by atoms with van der Waals surface area (Å²) in [5.41, 5.74) is 0. The van der Waals surface area contributed by atoms with Crippen molar-refractivity contribution in [2.45, 2.75) is 116 Å². The van der Waals surface area contributed by atoms with Gasteiger partial charge in [-0.15, -0.1) is 0 Å². The Hall–Kier alpha value is -0.0800. The molecule has 0 bridgehead atoms. The quantitative estimate of drug-likeness (QED) is 0.179. The number of hydrogen-bond donors (Lipinski definition) is 0. The van der Waals surface area contributed by atoms with Gasteiger partial charge in [-0.05, 0) is 12.8 Å². The predicted molar refractivity (Wildman–Crippen MR) is 113 cm³/mol. The van der Waals surface area contributed by atoms with Gasteiger partial charge in [0.25, 0.3) is 0 Å². The van der Waals surface area contributed by atoms with E-state index in [1.165, 1.54) is 89.9 Å². The zero-order valence-corrected chi connectivity index (χ0v) is 18.5. The number of rotatable bonds is 19. The highest BCUT2D eigenvalue weighted by Crippen LogP contribution is 2.15. The molecule has 1 atom stereocenters. The van der Waals surface area contributed by atoms with Crippen LogP contribution in [0, 0.1) is 0 Å². The molecule has 0 radical (unpaired) electrons. The Morgan fingerprint density at radius 1 is 0.640 bits per heavy atom. The van der Waals surface area contributed by atoms with Gasteiger partial charge in [0.2, 0.25) is 0 Å². The Balaban J connectivity index is 3.30. The molecule has 152 valence electrons. The molecule has 0 aliphatic heterocycles. The van der Waals surface area contributed by atoms with Gasteiger partial charge in [-0.2, -0.15) is 0 Å². The third-order valence-corrected chi connectivity index (χ3v) is 5.20. The summed E-state index contributed by atoms with van der Waals surface area (Å²) in [4.78, 5) is 0. The van der Waals surface area contributed by atoms with Crippen LogP contribution in [0.2, 0.25) is 0 Å². The topological polar surface area (TPSA) is 9.23 Å². The summed E-state index contributed by atoms with van der Waals surface area (Å²) >= 11 is 0. The van der Waals surface area contributed by atoms with Gasteiger partial charge in [-0.25, -0.2) is 0 Å². The van der Waals surface area contributed by atoms with E-state index in [9.17, 15) is 0 Å². The molecule has 25 heavy (non-hydrogen) atoms.